The first kappa shape index (κ1) is 36.2. The summed E-state index contributed by atoms with van der Waals surface area (Å²) in [5, 5.41) is 33.1. The SMILES string of the molecule is CNc1cc(Nc2cccc3c2OC(C)(C)O3)nc2c(NC(=O)NCC3COc4cccc(Nc5cc(NC)n6ncc(NC(=O)NC7COC7)c6n5)c4O3)cnn12. The number of ether oxygens (including phenoxy) is 5. The van der Waals surface area contributed by atoms with Crippen molar-refractivity contribution < 1.29 is 33.3 Å². The van der Waals surface area contributed by atoms with E-state index in [0.717, 1.165) is 0 Å². The third-order valence-corrected chi connectivity index (χ3v) is 9.31. The lowest BCUT2D eigenvalue weighted by atomic mass is 10.2. The molecule has 0 spiro atoms. The second-order valence-corrected chi connectivity index (χ2v) is 14.0. The molecular formula is C37H40N14O7. The Labute approximate surface area is 330 Å². The minimum absolute atomic E-state index is 0.0417. The highest BCUT2D eigenvalue weighted by atomic mass is 16.7. The quantitative estimate of drug-likeness (QED) is 0.0912. The fourth-order valence-electron chi connectivity index (χ4n) is 6.56. The lowest BCUT2D eigenvalue weighted by Crippen LogP contribution is -2.49. The van der Waals surface area contributed by atoms with Crippen LogP contribution >= 0.6 is 0 Å². The molecule has 21 heteroatoms. The molecule has 0 bridgehead atoms. The van der Waals surface area contributed by atoms with E-state index in [1.54, 1.807) is 41.3 Å². The van der Waals surface area contributed by atoms with Crippen LogP contribution in [0.3, 0.4) is 0 Å². The average Bonchev–Trinajstić information content (AvgIpc) is 3.89. The number of amides is 4. The Morgan fingerprint density at radius 2 is 1.36 bits per heavy atom. The summed E-state index contributed by atoms with van der Waals surface area (Å²) in [4.78, 5) is 35.3. The summed E-state index contributed by atoms with van der Waals surface area (Å²) in [6.45, 7) is 4.93. The van der Waals surface area contributed by atoms with Gasteiger partial charge in [-0.05, 0) is 24.3 Å². The molecule has 1 atom stereocenters. The zero-order valence-electron chi connectivity index (χ0n) is 31.8. The lowest BCUT2D eigenvalue weighted by molar-refractivity contribution is -0.0428. The normalized spacial score (nSPS) is 16.3. The van der Waals surface area contributed by atoms with Crippen molar-refractivity contribution >= 4 is 69.4 Å². The highest BCUT2D eigenvalue weighted by Gasteiger charge is 2.34. The van der Waals surface area contributed by atoms with E-state index in [9.17, 15) is 9.59 Å². The number of fused-ring (bicyclic) bond motifs is 4. The maximum Gasteiger partial charge on any atom is 0.319 e. The van der Waals surface area contributed by atoms with Crippen molar-refractivity contribution in [1.29, 1.82) is 0 Å². The van der Waals surface area contributed by atoms with Gasteiger partial charge in [-0.2, -0.15) is 19.2 Å². The lowest BCUT2D eigenvalue weighted by Gasteiger charge is -2.28. The van der Waals surface area contributed by atoms with Gasteiger partial charge in [-0.3, -0.25) is 0 Å². The highest BCUT2D eigenvalue weighted by molar-refractivity contribution is 5.94. The van der Waals surface area contributed by atoms with E-state index in [-0.39, 0.29) is 25.2 Å². The molecule has 8 N–H and O–H groups in total. The van der Waals surface area contributed by atoms with Crippen LogP contribution in [0, 0.1) is 0 Å². The fourth-order valence-corrected chi connectivity index (χ4v) is 6.56. The summed E-state index contributed by atoms with van der Waals surface area (Å²) in [5.74, 6) is 3.54. The van der Waals surface area contributed by atoms with Gasteiger partial charge >= 0.3 is 12.1 Å². The van der Waals surface area contributed by atoms with E-state index >= 15 is 0 Å². The van der Waals surface area contributed by atoms with Gasteiger partial charge in [-0.25, -0.2) is 19.6 Å². The summed E-state index contributed by atoms with van der Waals surface area (Å²) in [5.41, 5.74) is 2.85. The summed E-state index contributed by atoms with van der Waals surface area (Å²) in [6, 6.07) is 13.7. The summed E-state index contributed by atoms with van der Waals surface area (Å²) in [6.07, 6.45) is 2.52. The minimum Gasteiger partial charge on any atom is -0.486 e. The van der Waals surface area contributed by atoms with Gasteiger partial charge in [0.15, 0.2) is 40.4 Å². The van der Waals surface area contributed by atoms with Gasteiger partial charge in [0, 0.05) is 40.1 Å². The first-order valence-electron chi connectivity index (χ1n) is 18.4. The third kappa shape index (κ3) is 7.09. The molecule has 6 aromatic rings. The molecule has 3 aliphatic heterocycles. The largest absolute Gasteiger partial charge is 0.486 e. The van der Waals surface area contributed by atoms with Crippen LogP contribution in [0.4, 0.5) is 55.6 Å². The minimum atomic E-state index is -0.803. The van der Waals surface area contributed by atoms with Crippen LogP contribution in [0.1, 0.15) is 13.8 Å². The summed E-state index contributed by atoms with van der Waals surface area (Å²) in [7, 11) is 3.53. The average molecular weight is 793 g/mol. The van der Waals surface area contributed by atoms with Gasteiger partial charge in [0.1, 0.15) is 41.3 Å². The van der Waals surface area contributed by atoms with Crippen molar-refractivity contribution in [3.05, 3.63) is 60.9 Å². The molecule has 2 aromatic carbocycles. The van der Waals surface area contributed by atoms with Crippen molar-refractivity contribution in [2.45, 2.75) is 31.8 Å². The number of nitrogens with zero attached hydrogens (tertiary/aromatic N) is 6. The smallest absolute Gasteiger partial charge is 0.319 e. The Balaban J connectivity index is 0.869. The predicted molar refractivity (Wildman–Crippen MR) is 214 cm³/mol. The van der Waals surface area contributed by atoms with Crippen molar-refractivity contribution in [3.8, 4) is 23.0 Å². The number of para-hydroxylation sites is 2. The molecule has 4 aromatic heterocycles. The van der Waals surface area contributed by atoms with E-state index in [4.69, 9.17) is 33.7 Å². The molecule has 21 nitrogen and oxygen atoms in total. The van der Waals surface area contributed by atoms with Gasteiger partial charge in [0.2, 0.25) is 5.79 Å². The molecule has 1 saturated heterocycles. The van der Waals surface area contributed by atoms with Gasteiger partial charge in [0.05, 0.1) is 49.6 Å². The number of anilines is 8. The van der Waals surface area contributed by atoms with Gasteiger partial charge in [0.25, 0.3) is 0 Å². The summed E-state index contributed by atoms with van der Waals surface area (Å²) < 4.78 is 32.6. The number of hydrogen-bond donors (Lipinski definition) is 8. The van der Waals surface area contributed by atoms with Gasteiger partial charge in [-0.15, -0.1) is 0 Å². The van der Waals surface area contributed by atoms with Crippen LogP contribution in [0.25, 0.3) is 11.3 Å². The number of carbonyl (C=O) groups excluding carboxylic acids is 2. The number of aromatic nitrogens is 6. The monoisotopic (exact) mass is 792 g/mol. The van der Waals surface area contributed by atoms with E-state index in [0.29, 0.717) is 93.5 Å². The van der Waals surface area contributed by atoms with Gasteiger partial charge in [-0.1, -0.05) is 12.1 Å². The number of carbonyl (C=O) groups is 2. The molecule has 58 heavy (non-hydrogen) atoms. The van der Waals surface area contributed by atoms with Crippen LogP contribution in [0.15, 0.2) is 60.9 Å². The Kier molecular flexibility index (Phi) is 9.11. The van der Waals surface area contributed by atoms with E-state index < -0.39 is 17.9 Å². The standard InChI is InChI=1S/C37H40N14O7/c1-37(2)57-26-10-6-8-22(32(26)58-37)45-28-12-30(39-4)50-33(49-28)23(14-41-50)46-35(52)40-13-20-18-55-25-9-5-7-21(31(25)56-20)44-27-11-29(38-3)51-34(48-27)24(15-42-51)47-36(53)43-19-16-54-17-19/h5-12,14-15,19-20,38-39H,13,16-18H2,1-4H3,(H,44,48)(H,45,49)(H2,40,46,52)(H2,43,47,53). The number of nitrogens with one attached hydrogen (secondary N) is 8. The molecule has 0 saturated carbocycles. The van der Waals surface area contributed by atoms with E-state index in [1.807, 2.05) is 44.2 Å². The first-order chi connectivity index (χ1) is 28.1. The molecule has 3 aliphatic rings. The zero-order valence-corrected chi connectivity index (χ0v) is 31.8. The molecule has 0 radical (unpaired) electrons. The number of benzene rings is 2. The second kappa shape index (κ2) is 14.6. The topological polar surface area (TPSA) is 237 Å². The van der Waals surface area contributed by atoms with Crippen molar-refractivity contribution in [3.63, 3.8) is 0 Å². The van der Waals surface area contributed by atoms with Crippen molar-refractivity contribution in [2.75, 3.05) is 72.4 Å². The van der Waals surface area contributed by atoms with Crippen molar-refractivity contribution in [1.82, 2.24) is 39.8 Å². The maximum atomic E-state index is 13.3. The number of rotatable bonds is 11. The molecule has 7 heterocycles. The Hall–Kier alpha value is -7.42. The molecule has 300 valence electrons. The third-order valence-electron chi connectivity index (χ3n) is 9.31. The molecule has 0 aliphatic carbocycles. The molecule has 1 unspecified atom stereocenters. The van der Waals surface area contributed by atoms with Crippen LogP contribution < -0.4 is 61.5 Å². The second-order valence-electron chi connectivity index (χ2n) is 14.0. The summed E-state index contributed by atoms with van der Waals surface area (Å²) >= 11 is 0. The van der Waals surface area contributed by atoms with Crippen LogP contribution in [0.5, 0.6) is 23.0 Å². The fraction of sp³-hybridized carbons (Fsp3) is 0.297. The van der Waals surface area contributed by atoms with E-state index in [2.05, 4.69) is 52.7 Å². The van der Waals surface area contributed by atoms with Crippen LogP contribution in [-0.4, -0.2) is 99.7 Å². The van der Waals surface area contributed by atoms with E-state index in [1.165, 1.54) is 12.4 Å². The predicted octanol–water partition coefficient (Wildman–Crippen LogP) is 4.33. The molecular weight excluding hydrogens is 752 g/mol. The Morgan fingerprint density at radius 1 is 0.759 bits per heavy atom. The Morgan fingerprint density at radius 3 is 1.97 bits per heavy atom. The highest BCUT2D eigenvalue weighted by Crippen LogP contribution is 2.45. The van der Waals surface area contributed by atoms with Gasteiger partial charge < -0.3 is 66.2 Å². The Bertz CT molecular complexity index is 2550. The molecule has 4 amide bonds. The maximum absolute atomic E-state index is 13.3. The zero-order chi connectivity index (χ0) is 40.0. The number of urea groups is 2. The first-order valence-corrected chi connectivity index (χ1v) is 18.4. The van der Waals surface area contributed by atoms with Crippen LogP contribution in [-0.2, 0) is 4.74 Å². The molecule has 1 fully saturated rings. The number of hydrogen-bond acceptors (Lipinski definition) is 15. The van der Waals surface area contributed by atoms with Crippen molar-refractivity contribution in [2.24, 2.45) is 0 Å². The van der Waals surface area contributed by atoms with Crippen LogP contribution in [0.2, 0.25) is 0 Å². The molecule has 9 rings (SSSR count).